The second-order valence-electron chi connectivity index (χ2n) is 7.37. The number of hydrogen-bond acceptors (Lipinski definition) is 4. The minimum atomic E-state index is -0.373. The third-order valence-corrected chi connectivity index (χ3v) is 5.59. The number of thiophene rings is 1. The van der Waals surface area contributed by atoms with Crippen molar-refractivity contribution in [2.45, 2.75) is 27.7 Å². The molecule has 0 saturated carbocycles. The molecule has 0 aromatic carbocycles. The minimum absolute atomic E-state index is 0.0541. The van der Waals surface area contributed by atoms with E-state index in [9.17, 15) is 9.59 Å². The molecule has 24 heavy (non-hydrogen) atoms. The van der Waals surface area contributed by atoms with E-state index < -0.39 is 0 Å². The normalized spacial score (nSPS) is 16.0. The van der Waals surface area contributed by atoms with E-state index in [0.29, 0.717) is 26.2 Å². The molecule has 3 rings (SSSR count). The highest BCUT2D eigenvalue weighted by molar-refractivity contribution is 7.20. The van der Waals surface area contributed by atoms with Crippen LogP contribution in [0.25, 0.3) is 10.2 Å². The lowest BCUT2D eigenvalue weighted by atomic mass is 9.94. The van der Waals surface area contributed by atoms with Crippen molar-refractivity contribution in [2.75, 3.05) is 26.2 Å². The second kappa shape index (κ2) is 5.88. The van der Waals surface area contributed by atoms with Crippen LogP contribution in [-0.2, 0) is 11.8 Å². The number of aryl methyl sites for hydroxylation is 2. The standard InChI is InChI=1S/C17H24N4O2S/c1-11-12-10-13(24-15(12)19(5)18-11)14(22)20-6-8-21(9-7-20)16(23)17(2,3)4/h10H,6-9H2,1-5H3. The Balaban J connectivity index is 1.70. The number of amides is 2. The van der Waals surface area contributed by atoms with Crippen LogP contribution >= 0.6 is 11.3 Å². The summed E-state index contributed by atoms with van der Waals surface area (Å²) in [6.07, 6.45) is 0. The molecule has 2 aromatic heterocycles. The number of carbonyl (C=O) groups is 2. The third kappa shape index (κ3) is 2.92. The fourth-order valence-corrected chi connectivity index (χ4v) is 4.14. The quantitative estimate of drug-likeness (QED) is 0.794. The van der Waals surface area contributed by atoms with Gasteiger partial charge in [-0.15, -0.1) is 11.3 Å². The lowest BCUT2D eigenvalue weighted by molar-refractivity contribution is -0.140. The van der Waals surface area contributed by atoms with Crippen LogP contribution in [0.4, 0.5) is 0 Å². The van der Waals surface area contributed by atoms with Gasteiger partial charge in [0.15, 0.2) is 0 Å². The third-order valence-electron chi connectivity index (χ3n) is 4.40. The van der Waals surface area contributed by atoms with Gasteiger partial charge in [-0.1, -0.05) is 20.8 Å². The molecule has 0 atom stereocenters. The summed E-state index contributed by atoms with van der Waals surface area (Å²) in [6, 6.07) is 1.94. The van der Waals surface area contributed by atoms with Crippen molar-refractivity contribution in [1.29, 1.82) is 0 Å². The molecule has 2 amide bonds. The number of carbonyl (C=O) groups excluding carboxylic acids is 2. The molecule has 0 N–H and O–H groups in total. The summed E-state index contributed by atoms with van der Waals surface area (Å²) in [4.78, 5) is 30.6. The van der Waals surface area contributed by atoms with E-state index >= 15 is 0 Å². The van der Waals surface area contributed by atoms with Crippen LogP contribution in [0.5, 0.6) is 0 Å². The number of aromatic nitrogens is 2. The van der Waals surface area contributed by atoms with E-state index in [4.69, 9.17) is 0 Å². The fourth-order valence-electron chi connectivity index (χ4n) is 3.05. The molecule has 0 bridgehead atoms. The molecule has 0 unspecified atom stereocenters. The monoisotopic (exact) mass is 348 g/mol. The van der Waals surface area contributed by atoms with Crippen molar-refractivity contribution in [3.05, 3.63) is 16.6 Å². The zero-order valence-electron chi connectivity index (χ0n) is 14.9. The van der Waals surface area contributed by atoms with E-state index in [0.717, 1.165) is 20.8 Å². The predicted molar refractivity (Wildman–Crippen MR) is 95.3 cm³/mol. The Morgan fingerprint density at radius 1 is 1.12 bits per heavy atom. The first-order chi connectivity index (χ1) is 11.2. The maximum absolute atomic E-state index is 12.8. The topological polar surface area (TPSA) is 58.4 Å². The highest BCUT2D eigenvalue weighted by Gasteiger charge is 2.31. The first-order valence-electron chi connectivity index (χ1n) is 8.20. The Morgan fingerprint density at radius 2 is 1.71 bits per heavy atom. The summed E-state index contributed by atoms with van der Waals surface area (Å²) in [6.45, 7) is 10.1. The van der Waals surface area contributed by atoms with Crippen molar-refractivity contribution in [3.8, 4) is 0 Å². The maximum Gasteiger partial charge on any atom is 0.264 e. The highest BCUT2D eigenvalue weighted by atomic mass is 32.1. The Kier molecular flexibility index (Phi) is 4.15. The molecular weight excluding hydrogens is 324 g/mol. The molecule has 6 nitrogen and oxygen atoms in total. The molecule has 130 valence electrons. The second-order valence-corrected chi connectivity index (χ2v) is 8.40. The Hall–Kier alpha value is -1.89. The van der Waals surface area contributed by atoms with Gasteiger partial charge in [-0.3, -0.25) is 14.3 Å². The van der Waals surface area contributed by atoms with E-state index in [2.05, 4.69) is 5.10 Å². The summed E-state index contributed by atoms with van der Waals surface area (Å²) in [7, 11) is 1.90. The molecule has 1 aliphatic heterocycles. The summed E-state index contributed by atoms with van der Waals surface area (Å²) in [5, 5.41) is 5.42. The molecule has 0 spiro atoms. The lowest BCUT2D eigenvalue weighted by Crippen LogP contribution is -2.52. The van der Waals surface area contributed by atoms with Crippen molar-refractivity contribution in [2.24, 2.45) is 12.5 Å². The van der Waals surface area contributed by atoms with Crippen LogP contribution in [0, 0.1) is 12.3 Å². The van der Waals surface area contributed by atoms with E-state index in [1.807, 2.05) is 55.3 Å². The molecule has 0 radical (unpaired) electrons. The van der Waals surface area contributed by atoms with Crippen LogP contribution < -0.4 is 0 Å². The zero-order chi connectivity index (χ0) is 17.6. The number of rotatable bonds is 1. The van der Waals surface area contributed by atoms with Crippen LogP contribution in [0.3, 0.4) is 0 Å². The molecular formula is C17H24N4O2S. The van der Waals surface area contributed by atoms with Gasteiger partial charge >= 0.3 is 0 Å². The SMILES string of the molecule is Cc1nn(C)c2sc(C(=O)N3CCN(C(=O)C(C)(C)C)CC3)cc12. The van der Waals surface area contributed by atoms with Gasteiger partial charge in [-0.2, -0.15) is 5.10 Å². The Bertz CT molecular complexity index is 757. The lowest BCUT2D eigenvalue weighted by Gasteiger charge is -2.37. The van der Waals surface area contributed by atoms with Gasteiger partial charge in [-0.25, -0.2) is 0 Å². The van der Waals surface area contributed by atoms with E-state index in [-0.39, 0.29) is 17.2 Å². The number of hydrogen-bond donors (Lipinski definition) is 0. The molecule has 1 aliphatic rings. The molecule has 1 saturated heterocycles. The van der Waals surface area contributed by atoms with Crippen LogP contribution in [0.2, 0.25) is 0 Å². The molecule has 7 heteroatoms. The molecule has 1 fully saturated rings. The van der Waals surface area contributed by atoms with Gasteiger partial charge in [0, 0.05) is 44.0 Å². The summed E-state index contributed by atoms with van der Waals surface area (Å²) < 4.78 is 1.83. The van der Waals surface area contributed by atoms with Crippen molar-refractivity contribution < 1.29 is 9.59 Å². The van der Waals surface area contributed by atoms with Gasteiger partial charge < -0.3 is 9.80 Å². The van der Waals surface area contributed by atoms with Gasteiger partial charge in [0.25, 0.3) is 5.91 Å². The van der Waals surface area contributed by atoms with Gasteiger partial charge in [0.1, 0.15) is 4.83 Å². The molecule has 0 aliphatic carbocycles. The first-order valence-corrected chi connectivity index (χ1v) is 9.02. The highest BCUT2D eigenvalue weighted by Crippen LogP contribution is 2.29. The Labute approximate surface area is 146 Å². The minimum Gasteiger partial charge on any atom is -0.339 e. The smallest absolute Gasteiger partial charge is 0.264 e. The van der Waals surface area contributed by atoms with Crippen LogP contribution in [-0.4, -0.2) is 57.6 Å². The number of piperazine rings is 1. The van der Waals surface area contributed by atoms with Crippen molar-refractivity contribution in [3.63, 3.8) is 0 Å². The fraction of sp³-hybridized carbons (Fsp3) is 0.588. The summed E-state index contributed by atoms with van der Waals surface area (Å²) in [5.41, 5.74) is 0.575. The van der Waals surface area contributed by atoms with Crippen LogP contribution in [0.1, 0.15) is 36.1 Å². The van der Waals surface area contributed by atoms with E-state index in [1.165, 1.54) is 11.3 Å². The average molecular weight is 348 g/mol. The van der Waals surface area contributed by atoms with Crippen molar-refractivity contribution >= 4 is 33.4 Å². The predicted octanol–water partition coefficient (Wildman–Crippen LogP) is 2.27. The van der Waals surface area contributed by atoms with Gasteiger partial charge in [-0.05, 0) is 13.0 Å². The number of nitrogens with zero attached hydrogens (tertiary/aromatic N) is 4. The largest absolute Gasteiger partial charge is 0.339 e. The van der Waals surface area contributed by atoms with Crippen LogP contribution in [0.15, 0.2) is 6.07 Å². The van der Waals surface area contributed by atoms with Crippen molar-refractivity contribution in [1.82, 2.24) is 19.6 Å². The zero-order valence-corrected chi connectivity index (χ0v) is 15.7. The maximum atomic E-state index is 12.8. The summed E-state index contributed by atoms with van der Waals surface area (Å²) >= 11 is 1.49. The van der Waals surface area contributed by atoms with E-state index in [1.54, 1.807) is 0 Å². The average Bonchev–Trinajstić information content (AvgIpc) is 3.07. The van der Waals surface area contributed by atoms with Gasteiger partial charge in [0.2, 0.25) is 5.91 Å². The first kappa shape index (κ1) is 17.0. The summed E-state index contributed by atoms with van der Waals surface area (Å²) in [5.74, 6) is 0.205. The molecule has 3 heterocycles. The van der Waals surface area contributed by atoms with Gasteiger partial charge in [0.05, 0.1) is 10.6 Å². The number of fused-ring (bicyclic) bond motifs is 1. The molecule has 2 aromatic rings. The Morgan fingerprint density at radius 3 is 2.25 bits per heavy atom.